The zero-order chi connectivity index (χ0) is 14.8. The van der Waals surface area contributed by atoms with Gasteiger partial charge in [-0.1, -0.05) is 20.8 Å². The molecule has 0 atom stereocenters. The monoisotopic (exact) mass is 279 g/mol. The molecule has 20 heavy (non-hydrogen) atoms. The van der Waals surface area contributed by atoms with Crippen molar-refractivity contribution < 1.29 is 9.21 Å². The molecule has 0 bridgehead atoms. The Balaban J connectivity index is 1.76. The highest BCUT2D eigenvalue weighted by Gasteiger charge is 2.26. The van der Waals surface area contributed by atoms with Crippen molar-refractivity contribution in [3.8, 4) is 0 Å². The first kappa shape index (κ1) is 15.0. The number of piperidine rings is 1. The minimum Gasteiger partial charge on any atom is -0.449 e. The van der Waals surface area contributed by atoms with E-state index in [4.69, 9.17) is 4.42 Å². The number of likely N-dealkylation sites (tertiary alicyclic amines) is 1. The molecule has 2 heterocycles. The van der Waals surface area contributed by atoms with E-state index < -0.39 is 0 Å². The maximum atomic E-state index is 12.0. The Labute approximate surface area is 120 Å². The molecule has 5 heteroatoms. The van der Waals surface area contributed by atoms with Gasteiger partial charge in [0, 0.05) is 38.0 Å². The average molecular weight is 279 g/mol. The zero-order valence-electron chi connectivity index (χ0n) is 12.9. The second-order valence-corrected chi connectivity index (χ2v) is 6.63. The Morgan fingerprint density at radius 1 is 1.45 bits per heavy atom. The zero-order valence-corrected chi connectivity index (χ0v) is 12.9. The highest BCUT2D eigenvalue weighted by Crippen LogP contribution is 2.17. The van der Waals surface area contributed by atoms with Crippen LogP contribution in [0.3, 0.4) is 0 Å². The Morgan fingerprint density at radius 2 is 2.10 bits per heavy atom. The highest BCUT2D eigenvalue weighted by molar-refractivity contribution is 5.81. The summed E-state index contributed by atoms with van der Waals surface area (Å²) in [6.07, 6.45) is 3.72. The van der Waals surface area contributed by atoms with Gasteiger partial charge in [-0.25, -0.2) is 4.98 Å². The van der Waals surface area contributed by atoms with Gasteiger partial charge in [0.2, 0.25) is 5.91 Å². The van der Waals surface area contributed by atoms with E-state index in [0.29, 0.717) is 11.9 Å². The third-order valence-electron chi connectivity index (χ3n) is 3.66. The van der Waals surface area contributed by atoms with Gasteiger partial charge in [-0.3, -0.25) is 9.69 Å². The molecule has 1 fully saturated rings. The van der Waals surface area contributed by atoms with Gasteiger partial charge in [-0.05, 0) is 12.8 Å². The van der Waals surface area contributed by atoms with Crippen LogP contribution in [0, 0.1) is 12.3 Å². The first-order chi connectivity index (χ1) is 9.34. The SMILES string of the molecule is Cc1nc(CN2CCC(NC(=O)C(C)(C)C)CC2)co1. The third kappa shape index (κ3) is 4.07. The smallest absolute Gasteiger partial charge is 0.225 e. The molecule has 1 amide bonds. The van der Waals surface area contributed by atoms with Crippen molar-refractivity contribution >= 4 is 5.91 Å². The van der Waals surface area contributed by atoms with Crippen LogP contribution in [-0.4, -0.2) is 34.9 Å². The fraction of sp³-hybridized carbons (Fsp3) is 0.733. The molecule has 0 aliphatic carbocycles. The molecule has 1 N–H and O–H groups in total. The van der Waals surface area contributed by atoms with Gasteiger partial charge in [0.15, 0.2) is 5.89 Å². The summed E-state index contributed by atoms with van der Waals surface area (Å²) in [5.74, 6) is 0.857. The molecule has 2 rings (SSSR count). The van der Waals surface area contributed by atoms with Gasteiger partial charge in [-0.15, -0.1) is 0 Å². The van der Waals surface area contributed by atoms with E-state index in [1.165, 1.54) is 0 Å². The minimum atomic E-state index is -0.310. The normalized spacial score (nSPS) is 18.2. The molecule has 1 aliphatic rings. The predicted molar refractivity (Wildman–Crippen MR) is 77.1 cm³/mol. The van der Waals surface area contributed by atoms with Gasteiger partial charge in [0.25, 0.3) is 0 Å². The molecule has 1 aliphatic heterocycles. The van der Waals surface area contributed by atoms with Crippen LogP contribution in [-0.2, 0) is 11.3 Å². The molecule has 0 radical (unpaired) electrons. The van der Waals surface area contributed by atoms with Crippen molar-refractivity contribution in [2.45, 2.75) is 53.1 Å². The first-order valence-electron chi connectivity index (χ1n) is 7.29. The summed E-state index contributed by atoms with van der Waals surface area (Å²) in [7, 11) is 0. The number of carbonyl (C=O) groups is 1. The van der Waals surface area contributed by atoms with E-state index in [-0.39, 0.29) is 11.3 Å². The fourth-order valence-electron chi connectivity index (χ4n) is 2.35. The standard InChI is InChI=1S/C15H25N3O2/c1-11-16-13(10-20-11)9-18-7-5-12(6-8-18)17-14(19)15(2,3)4/h10,12H,5-9H2,1-4H3,(H,17,19). The van der Waals surface area contributed by atoms with E-state index in [2.05, 4.69) is 15.2 Å². The third-order valence-corrected chi connectivity index (χ3v) is 3.66. The lowest BCUT2D eigenvalue weighted by molar-refractivity contribution is -0.129. The molecular weight excluding hydrogens is 254 g/mol. The summed E-state index contributed by atoms with van der Waals surface area (Å²) in [4.78, 5) is 18.6. The highest BCUT2D eigenvalue weighted by atomic mass is 16.3. The van der Waals surface area contributed by atoms with Crippen LogP contribution in [0.1, 0.15) is 45.2 Å². The lowest BCUT2D eigenvalue weighted by Gasteiger charge is -2.33. The number of nitrogens with zero attached hydrogens (tertiary/aromatic N) is 2. The van der Waals surface area contributed by atoms with E-state index in [0.717, 1.165) is 38.2 Å². The summed E-state index contributed by atoms with van der Waals surface area (Å²) in [5.41, 5.74) is 0.676. The van der Waals surface area contributed by atoms with Crippen molar-refractivity contribution in [2.24, 2.45) is 5.41 Å². The summed E-state index contributed by atoms with van der Waals surface area (Å²) < 4.78 is 5.22. The molecule has 0 unspecified atom stereocenters. The molecule has 1 aromatic heterocycles. The number of aromatic nitrogens is 1. The average Bonchev–Trinajstić information content (AvgIpc) is 2.76. The van der Waals surface area contributed by atoms with Crippen molar-refractivity contribution in [3.05, 3.63) is 17.8 Å². The summed E-state index contributed by atoms with van der Waals surface area (Å²) in [6.45, 7) is 10.5. The Bertz CT molecular complexity index is 454. The van der Waals surface area contributed by atoms with Gasteiger partial charge in [0.05, 0.1) is 5.69 Å². The lowest BCUT2D eigenvalue weighted by atomic mass is 9.94. The number of aryl methyl sites for hydroxylation is 1. The first-order valence-corrected chi connectivity index (χ1v) is 7.29. The van der Waals surface area contributed by atoms with Crippen LogP contribution >= 0.6 is 0 Å². The number of nitrogens with one attached hydrogen (secondary N) is 1. The van der Waals surface area contributed by atoms with Crippen molar-refractivity contribution in [3.63, 3.8) is 0 Å². The number of oxazole rings is 1. The largest absolute Gasteiger partial charge is 0.449 e. The van der Waals surface area contributed by atoms with Gasteiger partial charge in [-0.2, -0.15) is 0 Å². The van der Waals surface area contributed by atoms with E-state index in [1.807, 2.05) is 27.7 Å². The number of hydrogen-bond donors (Lipinski definition) is 1. The molecule has 1 aromatic rings. The van der Waals surface area contributed by atoms with Gasteiger partial charge < -0.3 is 9.73 Å². The van der Waals surface area contributed by atoms with Crippen molar-refractivity contribution in [2.75, 3.05) is 13.1 Å². The van der Waals surface area contributed by atoms with E-state index in [1.54, 1.807) is 6.26 Å². The molecule has 0 aromatic carbocycles. The molecule has 1 saturated heterocycles. The van der Waals surface area contributed by atoms with Crippen LogP contribution in [0.5, 0.6) is 0 Å². The molecule has 0 spiro atoms. The molecule has 0 saturated carbocycles. The van der Waals surface area contributed by atoms with E-state index >= 15 is 0 Å². The van der Waals surface area contributed by atoms with Crippen molar-refractivity contribution in [1.82, 2.24) is 15.2 Å². The Kier molecular flexibility index (Phi) is 4.48. The molecule has 5 nitrogen and oxygen atoms in total. The summed E-state index contributed by atoms with van der Waals surface area (Å²) >= 11 is 0. The predicted octanol–water partition coefficient (Wildman–Crippen LogP) is 2.11. The Hall–Kier alpha value is -1.36. The second-order valence-electron chi connectivity index (χ2n) is 6.63. The molecular formula is C15H25N3O2. The van der Waals surface area contributed by atoms with Crippen LogP contribution in [0.2, 0.25) is 0 Å². The number of hydrogen-bond acceptors (Lipinski definition) is 4. The number of carbonyl (C=O) groups excluding carboxylic acids is 1. The van der Waals surface area contributed by atoms with Gasteiger partial charge in [0.1, 0.15) is 6.26 Å². The minimum absolute atomic E-state index is 0.142. The second kappa shape index (κ2) is 5.95. The van der Waals surface area contributed by atoms with Crippen LogP contribution in [0.15, 0.2) is 10.7 Å². The number of amides is 1. The lowest BCUT2D eigenvalue weighted by Crippen LogP contribution is -2.47. The molecule has 112 valence electrons. The van der Waals surface area contributed by atoms with Gasteiger partial charge >= 0.3 is 0 Å². The van der Waals surface area contributed by atoms with Crippen LogP contribution in [0.4, 0.5) is 0 Å². The van der Waals surface area contributed by atoms with E-state index in [9.17, 15) is 4.79 Å². The van der Waals surface area contributed by atoms with Crippen LogP contribution < -0.4 is 5.32 Å². The maximum Gasteiger partial charge on any atom is 0.225 e. The quantitative estimate of drug-likeness (QED) is 0.920. The fourth-order valence-corrected chi connectivity index (χ4v) is 2.35. The maximum absolute atomic E-state index is 12.0. The van der Waals surface area contributed by atoms with Crippen molar-refractivity contribution in [1.29, 1.82) is 0 Å². The Morgan fingerprint density at radius 3 is 2.60 bits per heavy atom. The summed E-state index contributed by atoms with van der Waals surface area (Å²) in [5, 5.41) is 3.15. The van der Waals surface area contributed by atoms with Crippen LogP contribution in [0.25, 0.3) is 0 Å². The summed E-state index contributed by atoms with van der Waals surface area (Å²) in [6, 6.07) is 0.303. The topological polar surface area (TPSA) is 58.4 Å². The number of rotatable bonds is 3.